The molecule has 1 aliphatic carbocycles. The summed E-state index contributed by atoms with van der Waals surface area (Å²) in [6, 6.07) is 0.273. The number of hydrogen-bond donors (Lipinski definition) is 1. The van der Waals surface area contributed by atoms with Crippen molar-refractivity contribution in [2.75, 3.05) is 19.6 Å². The van der Waals surface area contributed by atoms with E-state index in [2.05, 4.69) is 22.0 Å². The molecule has 156 valence electrons. The highest BCUT2D eigenvalue weighted by molar-refractivity contribution is 5.79. The van der Waals surface area contributed by atoms with E-state index in [0.717, 1.165) is 32.2 Å². The lowest BCUT2D eigenvalue weighted by atomic mass is 9.77. The van der Waals surface area contributed by atoms with Gasteiger partial charge in [-0.1, -0.05) is 6.92 Å². The Hall–Kier alpha value is -1.68. The average molecular weight is 400 g/mol. The number of nitrogens with two attached hydrogens (primary N) is 1. The second kappa shape index (κ2) is 6.98. The first-order valence-corrected chi connectivity index (χ1v) is 9.97. The first-order valence-electron chi connectivity index (χ1n) is 9.97. The fourth-order valence-corrected chi connectivity index (χ4v) is 5.13. The molecule has 0 spiro atoms. The zero-order chi connectivity index (χ0) is 20.1. The van der Waals surface area contributed by atoms with E-state index in [-0.39, 0.29) is 24.0 Å². The van der Waals surface area contributed by atoms with Crippen molar-refractivity contribution in [3.05, 3.63) is 11.6 Å². The number of likely N-dealkylation sites (tertiary alicyclic amines) is 1. The first-order chi connectivity index (χ1) is 13.2. The summed E-state index contributed by atoms with van der Waals surface area (Å²) in [5, 5.41) is 7.13. The van der Waals surface area contributed by atoms with Crippen LogP contribution < -0.4 is 5.73 Å². The minimum Gasteiger partial charge on any atom is -0.335 e. The van der Waals surface area contributed by atoms with Crippen LogP contribution in [0.5, 0.6) is 0 Å². The van der Waals surface area contributed by atoms with Crippen LogP contribution in [0, 0.1) is 5.92 Å². The van der Waals surface area contributed by atoms with Gasteiger partial charge in [0, 0.05) is 38.6 Å². The molecule has 1 saturated heterocycles. The van der Waals surface area contributed by atoms with Crippen LogP contribution in [0.15, 0.2) is 0 Å². The number of rotatable bonds is 3. The van der Waals surface area contributed by atoms with Gasteiger partial charge in [-0.3, -0.25) is 9.69 Å². The summed E-state index contributed by atoms with van der Waals surface area (Å²) in [5.74, 6) is 0.0273. The molecule has 1 unspecified atom stereocenters. The van der Waals surface area contributed by atoms with Crippen molar-refractivity contribution < 1.29 is 18.0 Å². The molecule has 0 aromatic carbocycles. The molecule has 2 fully saturated rings. The molecule has 1 aromatic rings. The van der Waals surface area contributed by atoms with Crippen LogP contribution in [0.2, 0.25) is 0 Å². The molecule has 0 bridgehead atoms. The van der Waals surface area contributed by atoms with Gasteiger partial charge in [-0.15, -0.1) is 10.2 Å². The SMILES string of the molecule is CC1CC(=O)N(C2(CN)CCC(N3CCn4c(nnc4C(F)(F)F)C3)CC2)C1. The highest BCUT2D eigenvalue weighted by atomic mass is 19.4. The third kappa shape index (κ3) is 3.30. The summed E-state index contributed by atoms with van der Waals surface area (Å²) in [6.07, 6.45) is -0.439. The molecule has 4 rings (SSSR count). The average Bonchev–Trinajstić information content (AvgIpc) is 3.24. The Morgan fingerprint density at radius 3 is 2.50 bits per heavy atom. The standard InChI is InChI=1S/C18H27F3N6O/c1-12-8-15(28)27(9-12)17(11-22)4-2-13(3-5-17)25-6-7-26-14(10-25)23-24-16(26)18(19,20)21/h12-13H,2-11,22H2,1H3. The van der Waals surface area contributed by atoms with Gasteiger partial charge in [-0.25, -0.2) is 0 Å². The Morgan fingerprint density at radius 1 is 1.21 bits per heavy atom. The molecule has 3 aliphatic rings. The number of amides is 1. The van der Waals surface area contributed by atoms with Crippen LogP contribution >= 0.6 is 0 Å². The van der Waals surface area contributed by atoms with E-state index in [9.17, 15) is 18.0 Å². The van der Waals surface area contributed by atoms with E-state index in [0.29, 0.717) is 37.8 Å². The Morgan fingerprint density at radius 2 is 1.93 bits per heavy atom. The minimum atomic E-state index is -4.47. The summed E-state index contributed by atoms with van der Waals surface area (Å²) < 4.78 is 40.2. The van der Waals surface area contributed by atoms with E-state index in [1.54, 1.807) is 0 Å². The number of fused-ring (bicyclic) bond motifs is 1. The molecule has 0 radical (unpaired) electrons. The highest BCUT2D eigenvalue weighted by Gasteiger charge is 2.46. The molecule has 1 atom stereocenters. The number of nitrogens with zero attached hydrogens (tertiary/aromatic N) is 5. The molecule has 3 heterocycles. The second-order valence-electron chi connectivity index (χ2n) is 8.53. The van der Waals surface area contributed by atoms with Gasteiger partial charge < -0.3 is 15.2 Å². The van der Waals surface area contributed by atoms with Crippen LogP contribution in [0.3, 0.4) is 0 Å². The van der Waals surface area contributed by atoms with E-state index in [4.69, 9.17) is 5.73 Å². The minimum absolute atomic E-state index is 0.196. The summed E-state index contributed by atoms with van der Waals surface area (Å²) >= 11 is 0. The van der Waals surface area contributed by atoms with Crippen LogP contribution in [0.1, 0.15) is 50.7 Å². The van der Waals surface area contributed by atoms with Gasteiger partial charge in [0.2, 0.25) is 11.7 Å². The van der Waals surface area contributed by atoms with Crippen LogP contribution in [0.4, 0.5) is 13.2 Å². The predicted molar refractivity (Wildman–Crippen MR) is 95.0 cm³/mol. The monoisotopic (exact) mass is 400 g/mol. The number of aromatic nitrogens is 3. The zero-order valence-electron chi connectivity index (χ0n) is 16.1. The Kier molecular flexibility index (Phi) is 4.89. The maximum absolute atomic E-state index is 13.0. The maximum atomic E-state index is 13.0. The van der Waals surface area contributed by atoms with Crippen molar-refractivity contribution in [2.24, 2.45) is 11.7 Å². The Bertz CT molecular complexity index is 740. The number of carbonyl (C=O) groups is 1. The molecular weight excluding hydrogens is 373 g/mol. The van der Waals surface area contributed by atoms with Gasteiger partial charge in [0.05, 0.1) is 12.1 Å². The zero-order valence-corrected chi connectivity index (χ0v) is 16.1. The van der Waals surface area contributed by atoms with Crippen molar-refractivity contribution in [1.82, 2.24) is 24.6 Å². The van der Waals surface area contributed by atoms with Gasteiger partial charge in [-0.05, 0) is 31.6 Å². The maximum Gasteiger partial charge on any atom is 0.451 e. The van der Waals surface area contributed by atoms with Crippen molar-refractivity contribution in [2.45, 2.75) is 69.9 Å². The third-order valence-corrected chi connectivity index (χ3v) is 6.71. The van der Waals surface area contributed by atoms with Crippen molar-refractivity contribution in [1.29, 1.82) is 0 Å². The number of carbonyl (C=O) groups excluding carboxylic acids is 1. The summed E-state index contributed by atoms with van der Waals surface area (Å²) in [5.41, 5.74) is 5.85. The quantitative estimate of drug-likeness (QED) is 0.834. The lowest BCUT2D eigenvalue weighted by molar-refractivity contribution is -0.148. The van der Waals surface area contributed by atoms with Crippen LogP contribution in [0.25, 0.3) is 0 Å². The molecule has 1 amide bonds. The van der Waals surface area contributed by atoms with Crippen molar-refractivity contribution in [3.8, 4) is 0 Å². The number of hydrogen-bond acceptors (Lipinski definition) is 5. The van der Waals surface area contributed by atoms with Gasteiger partial charge in [0.25, 0.3) is 0 Å². The van der Waals surface area contributed by atoms with Gasteiger partial charge in [0.1, 0.15) is 5.82 Å². The molecule has 2 aliphatic heterocycles. The summed E-state index contributed by atoms with van der Waals surface area (Å²) in [4.78, 5) is 16.6. The summed E-state index contributed by atoms with van der Waals surface area (Å²) in [7, 11) is 0. The third-order valence-electron chi connectivity index (χ3n) is 6.71. The highest BCUT2D eigenvalue weighted by Crippen LogP contribution is 2.39. The van der Waals surface area contributed by atoms with Crippen molar-refractivity contribution in [3.63, 3.8) is 0 Å². The van der Waals surface area contributed by atoms with Gasteiger partial charge >= 0.3 is 6.18 Å². The van der Waals surface area contributed by atoms with Gasteiger partial charge in [-0.2, -0.15) is 13.2 Å². The second-order valence-corrected chi connectivity index (χ2v) is 8.53. The normalized spacial score (nSPS) is 32.0. The fraction of sp³-hybridized carbons (Fsp3) is 0.833. The smallest absolute Gasteiger partial charge is 0.335 e. The molecule has 1 saturated carbocycles. The molecule has 2 N–H and O–H groups in total. The Balaban J connectivity index is 1.42. The lowest BCUT2D eigenvalue weighted by Gasteiger charge is -2.48. The van der Waals surface area contributed by atoms with Gasteiger partial charge in [0.15, 0.2) is 0 Å². The summed E-state index contributed by atoms with van der Waals surface area (Å²) in [6.45, 7) is 4.50. The molecular formula is C18H27F3N6O. The number of alkyl halides is 3. The first kappa shape index (κ1) is 19.6. The van der Waals surface area contributed by atoms with Crippen LogP contribution in [-0.4, -0.2) is 61.7 Å². The van der Waals surface area contributed by atoms with Crippen molar-refractivity contribution >= 4 is 5.91 Å². The molecule has 10 heteroatoms. The van der Waals surface area contributed by atoms with Crippen LogP contribution in [-0.2, 0) is 24.1 Å². The lowest BCUT2D eigenvalue weighted by Crippen LogP contribution is -2.58. The molecule has 1 aromatic heterocycles. The largest absolute Gasteiger partial charge is 0.451 e. The van der Waals surface area contributed by atoms with E-state index >= 15 is 0 Å². The topological polar surface area (TPSA) is 80.3 Å². The number of halogens is 3. The van der Waals surface area contributed by atoms with E-state index in [1.165, 1.54) is 4.57 Å². The van der Waals surface area contributed by atoms with E-state index < -0.39 is 12.0 Å². The predicted octanol–water partition coefficient (Wildman–Crippen LogP) is 1.62. The Labute approximate surface area is 162 Å². The fourth-order valence-electron chi connectivity index (χ4n) is 5.13. The molecule has 7 nitrogen and oxygen atoms in total. The van der Waals surface area contributed by atoms with E-state index in [1.807, 2.05) is 4.90 Å². The molecule has 28 heavy (non-hydrogen) atoms.